The maximum Gasteiger partial charge on any atom is 0.143 e. The van der Waals surface area contributed by atoms with E-state index in [4.69, 9.17) is 23.6 Å². The van der Waals surface area contributed by atoms with Gasteiger partial charge in [-0.3, -0.25) is 0 Å². The van der Waals surface area contributed by atoms with Gasteiger partial charge in [0.1, 0.15) is 11.2 Å². The molecule has 0 spiro atoms. The smallest absolute Gasteiger partial charge is 0.143 e. The molecule has 0 fully saturated rings. The molecule has 0 aliphatic carbocycles. The quantitative estimate of drug-likeness (QED) is 0.213. The van der Waals surface area contributed by atoms with Crippen LogP contribution in [-0.4, -0.2) is 0 Å². The SMILES string of the molecule is [2H]c1c([2H])c([2H])c(-c2c([2H])c([2H])c([2H])c(-c3c4c([2H])c([2H])c([2H])c([2H])c4c(-c4c([2H])c([2H])c([2H])c5c4oc4ccccc45)c4c([2H])c([2H])c([2H])c([2H])c34)c2[2H])c([2H])c1[2H]. The van der Waals surface area contributed by atoms with Crippen molar-refractivity contribution in [2.45, 2.75) is 0 Å². The molecule has 0 atom stereocenters. The second kappa shape index (κ2) is 8.72. The molecule has 0 amide bonds. The predicted octanol–water partition coefficient (Wildman–Crippen LogP) is 10.9. The number of para-hydroxylation sites is 2. The van der Waals surface area contributed by atoms with Crippen LogP contribution in [0.1, 0.15) is 27.4 Å². The largest absolute Gasteiger partial charge is 0.455 e. The molecule has 0 aliphatic rings. The standard InChI is InChI=1S/C38H24O/c1-2-12-25(13-3-1)26-14-10-15-27(24-26)36-29-17-4-6-19-31(29)37(32-20-7-5-18-30(32)36)34-22-11-21-33-28-16-8-9-23-35(28)39-38(33)34/h1-24H/i1D,2D,3D,4D,5D,6D,7D,10D,11D,12D,13D,14D,15D,17D,18D,19D,20D,21D,22D,24D. The Morgan fingerprint density at radius 1 is 0.436 bits per heavy atom. The minimum Gasteiger partial charge on any atom is -0.455 e. The lowest BCUT2D eigenvalue weighted by molar-refractivity contribution is 0.670. The van der Waals surface area contributed by atoms with Crippen LogP contribution in [0.15, 0.2) is 150 Å². The van der Waals surface area contributed by atoms with Gasteiger partial charge in [0.25, 0.3) is 0 Å². The summed E-state index contributed by atoms with van der Waals surface area (Å²) in [6.07, 6.45) is 0. The van der Waals surface area contributed by atoms with Gasteiger partial charge in [0.2, 0.25) is 0 Å². The van der Waals surface area contributed by atoms with E-state index >= 15 is 0 Å². The first-order valence-electron chi connectivity index (χ1n) is 21.7. The summed E-state index contributed by atoms with van der Waals surface area (Å²) >= 11 is 0. The van der Waals surface area contributed by atoms with E-state index in [1.165, 1.54) is 0 Å². The second-order valence-electron chi connectivity index (χ2n) is 8.55. The Morgan fingerprint density at radius 2 is 1.00 bits per heavy atom. The van der Waals surface area contributed by atoms with Crippen LogP contribution in [-0.2, 0) is 0 Å². The van der Waals surface area contributed by atoms with Crippen molar-refractivity contribution in [3.05, 3.63) is 145 Å². The maximum atomic E-state index is 9.52. The van der Waals surface area contributed by atoms with Gasteiger partial charge in [-0.2, -0.15) is 0 Å². The number of hydrogen-bond donors (Lipinski definition) is 0. The Hall–Kier alpha value is -5.14. The lowest BCUT2D eigenvalue weighted by Crippen LogP contribution is -1.91. The van der Waals surface area contributed by atoms with Crippen molar-refractivity contribution in [3.63, 3.8) is 0 Å². The highest BCUT2D eigenvalue weighted by Crippen LogP contribution is 2.46. The Labute approximate surface area is 254 Å². The maximum absolute atomic E-state index is 9.52. The number of hydrogen-bond acceptors (Lipinski definition) is 1. The molecule has 0 radical (unpaired) electrons. The van der Waals surface area contributed by atoms with Gasteiger partial charge in [0, 0.05) is 21.9 Å². The molecule has 1 nitrogen and oxygen atoms in total. The topological polar surface area (TPSA) is 13.1 Å². The predicted molar refractivity (Wildman–Crippen MR) is 165 cm³/mol. The molecular formula is C38H24O. The van der Waals surface area contributed by atoms with Gasteiger partial charge >= 0.3 is 0 Å². The van der Waals surface area contributed by atoms with Crippen molar-refractivity contribution in [2.24, 2.45) is 0 Å². The second-order valence-corrected chi connectivity index (χ2v) is 8.55. The Kier molecular flexibility index (Phi) is 2.21. The number of furan rings is 1. The Bertz CT molecular complexity index is 3170. The Morgan fingerprint density at radius 3 is 1.74 bits per heavy atom. The highest BCUT2D eigenvalue weighted by molar-refractivity contribution is 6.24. The van der Waals surface area contributed by atoms with Crippen molar-refractivity contribution in [1.82, 2.24) is 0 Å². The zero-order chi connectivity index (χ0) is 43.2. The van der Waals surface area contributed by atoms with Gasteiger partial charge in [-0.1, -0.05) is 133 Å². The van der Waals surface area contributed by atoms with Crippen molar-refractivity contribution in [2.75, 3.05) is 0 Å². The Balaban J connectivity index is 1.74. The number of fused-ring (bicyclic) bond motifs is 5. The molecule has 0 bridgehead atoms. The summed E-state index contributed by atoms with van der Waals surface area (Å²) in [6, 6.07) is -10.1. The van der Waals surface area contributed by atoms with Crippen LogP contribution in [0.25, 0.3) is 76.9 Å². The van der Waals surface area contributed by atoms with E-state index in [0.717, 1.165) is 0 Å². The fraction of sp³-hybridized carbons (Fsp3) is 0. The van der Waals surface area contributed by atoms with Crippen LogP contribution in [0.5, 0.6) is 0 Å². The molecule has 0 N–H and O–H groups in total. The fourth-order valence-electron chi connectivity index (χ4n) is 4.83. The van der Waals surface area contributed by atoms with Crippen LogP contribution in [0.3, 0.4) is 0 Å². The first-order valence-corrected chi connectivity index (χ1v) is 11.7. The van der Waals surface area contributed by atoms with Gasteiger partial charge in [-0.25, -0.2) is 0 Å². The molecule has 1 heteroatoms. The van der Waals surface area contributed by atoms with Crippen molar-refractivity contribution >= 4 is 43.5 Å². The van der Waals surface area contributed by atoms with E-state index < -0.39 is 170 Å². The molecule has 0 unspecified atom stereocenters. The molecule has 8 rings (SSSR count). The fourth-order valence-corrected chi connectivity index (χ4v) is 4.83. The molecule has 182 valence electrons. The van der Waals surface area contributed by atoms with Gasteiger partial charge in [0.15, 0.2) is 0 Å². The molecule has 1 aromatic heterocycles. The summed E-state index contributed by atoms with van der Waals surface area (Å²) in [5, 5.41) is -1.80. The summed E-state index contributed by atoms with van der Waals surface area (Å²) in [5.41, 5.74) is -3.57. The molecule has 1 heterocycles. The molecular weight excluding hydrogens is 472 g/mol. The van der Waals surface area contributed by atoms with Crippen LogP contribution < -0.4 is 0 Å². The third-order valence-corrected chi connectivity index (χ3v) is 6.45. The number of rotatable bonds is 3. The van der Waals surface area contributed by atoms with E-state index in [1.807, 2.05) is 0 Å². The monoisotopic (exact) mass is 516 g/mol. The van der Waals surface area contributed by atoms with Gasteiger partial charge in [0.05, 0.1) is 27.4 Å². The minimum absolute atomic E-state index is 0.0266. The molecule has 0 saturated heterocycles. The average Bonchev–Trinajstić information content (AvgIpc) is 3.60. The molecule has 8 aromatic rings. The van der Waals surface area contributed by atoms with E-state index in [9.17, 15) is 8.22 Å². The minimum atomic E-state index is -0.952. The van der Waals surface area contributed by atoms with Crippen molar-refractivity contribution in [1.29, 1.82) is 0 Å². The normalized spacial score (nSPS) is 18.8. The summed E-state index contributed by atoms with van der Waals surface area (Å²) < 4.78 is 184. The summed E-state index contributed by atoms with van der Waals surface area (Å²) in [4.78, 5) is 0. The summed E-state index contributed by atoms with van der Waals surface area (Å²) in [6.45, 7) is 0. The summed E-state index contributed by atoms with van der Waals surface area (Å²) in [7, 11) is 0. The third-order valence-electron chi connectivity index (χ3n) is 6.45. The zero-order valence-electron chi connectivity index (χ0n) is 39.7. The molecule has 7 aromatic carbocycles. The average molecular weight is 517 g/mol. The molecule has 39 heavy (non-hydrogen) atoms. The molecule has 0 aliphatic heterocycles. The van der Waals surface area contributed by atoms with Gasteiger partial charge < -0.3 is 4.42 Å². The molecule has 0 saturated carbocycles. The number of benzene rings is 7. The lowest BCUT2D eigenvalue weighted by atomic mass is 9.85. The van der Waals surface area contributed by atoms with E-state index in [0.29, 0.717) is 5.39 Å². The summed E-state index contributed by atoms with van der Waals surface area (Å²) in [5.74, 6) is 0. The lowest BCUT2D eigenvalue weighted by Gasteiger charge is -2.18. The highest BCUT2D eigenvalue weighted by atomic mass is 16.3. The van der Waals surface area contributed by atoms with Crippen molar-refractivity contribution < 1.29 is 31.8 Å². The first kappa shape index (κ1) is 9.87. The van der Waals surface area contributed by atoms with Gasteiger partial charge in [-0.05, 0) is 55.9 Å². The van der Waals surface area contributed by atoms with Gasteiger partial charge in [-0.15, -0.1) is 0 Å². The highest BCUT2D eigenvalue weighted by Gasteiger charge is 2.20. The van der Waals surface area contributed by atoms with Crippen LogP contribution in [0.4, 0.5) is 0 Å². The van der Waals surface area contributed by atoms with Crippen molar-refractivity contribution in [3.8, 4) is 33.4 Å². The van der Waals surface area contributed by atoms with E-state index in [1.54, 1.807) is 24.3 Å². The third kappa shape index (κ3) is 3.41. The van der Waals surface area contributed by atoms with Crippen LogP contribution in [0, 0.1) is 0 Å². The van der Waals surface area contributed by atoms with E-state index in [-0.39, 0.29) is 22.1 Å². The van der Waals surface area contributed by atoms with Crippen LogP contribution in [0.2, 0.25) is 0 Å². The zero-order valence-corrected chi connectivity index (χ0v) is 19.7. The van der Waals surface area contributed by atoms with Crippen LogP contribution >= 0.6 is 0 Å². The van der Waals surface area contributed by atoms with E-state index in [2.05, 4.69) is 0 Å². The first-order chi connectivity index (χ1) is 27.7.